The fourth-order valence-electron chi connectivity index (χ4n) is 4.59. The second-order valence-corrected chi connectivity index (χ2v) is 7.79. The van der Waals surface area contributed by atoms with Gasteiger partial charge in [-0.15, -0.1) is 5.10 Å². The summed E-state index contributed by atoms with van der Waals surface area (Å²) in [4.78, 5) is 7.09. The topological polar surface area (TPSA) is 83.4 Å². The number of fused-ring (bicyclic) bond motifs is 3. The Balaban J connectivity index is 1.38. The maximum Gasteiger partial charge on any atom is 0.178 e. The maximum absolute atomic E-state index is 5.48. The first kappa shape index (κ1) is 15.9. The van der Waals surface area contributed by atoms with E-state index in [4.69, 9.17) is 9.72 Å². The van der Waals surface area contributed by atoms with Crippen molar-refractivity contribution in [1.29, 1.82) is 0 Å². The average Bonchev–Trinajstić information content (AvgIpc) is 3.41. The summed E-state index contributed by atoms with van der Waals surface area (Å²) in [5.74, 6) is 1.78. The van der Waals surface area contributed by atoms with Crippen LogP contribution in [0.3, 0.4) is 0 Å². The number of aromatic nitrogens is 5. The van der Waals surface area contributed by atoms with Gasteiger partial charge in [-0.3, -0.25) is 5.10 Å². The zero-order valence-corrected chi connectivity index (χ0v) is 15.6. The van der Waals surface area contributed by atoms with E-state index in [-0.39, 0.29) is 0 Å². The lowest BCUT2D eigenvalue weighted by molar-refractivity contribution is 0.293. The van der Waals surface area contributed by atoms with E-state index in [1.807, 2.05) is 29.2 Å². The number of nitrogens with one attached hydrogen (secondary N) is 2. The highest BCUT2D eigenvalue weighted by Crippen LogP contribution is 2.35. The van der Waals surface area contributed by atoms with Crippen molar-refractivity contribution < 1.29 is 4.74 Å². The van der Waals surface area contributed by atoms with Gasteiger partial charge in [0.2, 0.25) is 0 Å². The van der Waals surface area contributed by atoms with E-state index < -0.39 is 0 Å². The van der Waals surface area contributed by atoms with Gasteiger partial charge < -0.3 is 15.0 Å². The number of rotatable bonds is 3. The monoisotopic (exact) mass is 375 g/mol. The Hall–Kier alpha value is -3.13. The Bertz CT molecular complexity index is 1160. The van der Waals surface area contributed by atoms with Gasteiger partial charge in [0.25, 0.3) is 0 Å². The van der Waals surface area contributed by atoms with E-state index in [9.17, 15) is 0 Å². The minimum Gasteiger partial charge on any atom is -0.495 e. The summed E-state index contributed by atoms with van der Waals surface area (Å²) in [5, 5.41) is 16.3. The van der Waals surface area contributed by atoms with Crippen molar-refractivity contribution >= 4 is 22.4 Å². The molecule has 0 saturated carbocycles. The van der Waals surface area contributed by atoms with Gasteiger partial charge >= 0.3 is 0 Å². The zero-order chi connectivity index (χ0) is 18.7. The normalized spacial score (nSPS) is 18.2. The SMILES string of the molecule is COc1cc(-c2ccc(N3CC4(CCCN4)C3)nc2)c2c3cn[nH]c3nn2c1. The molecule has 0 radical (unpaired) electrons. The first-order chi connectivity index (χ1) is 13.7. The molecule has 4 aromatic heterocycles. The van der Waals surface area contributed by atoms with E-state index in [1.54, 1.807) is 7.11 Å². The molecule has 1 spiro atoms. The molecule has 0 atom stereocenters. The molecular weight excluding hydrogens is 354 g/mol. The number of H-pyrrole nitrogens is 1. The number of anilines is 1. The summed E-state index contributed by atoms with van der Waals surface area (Å²) in [6.07, 6.45) is 8.17. The number of pyridine rings is 2. The van der Waals surface area contributed by atoms with Crippen LogP contribution in [0.2, 0.25) is 0 Å². The Morgan fingerprint density at radius 3 is 2.89 bits per heavy atom. The Kier molecular flexibility index (Phi) is 3.22. The van der Waals surface area contributed by atoms with E-state index in [0.29, 0.717) is 5.54 Å². The van der Waals surface area contributed by atoms with Gasteiger partial charge in [0.15, 0.2) is 5.65 Å². The van der Waals surface area contributed by atoms with Crippen molar-refractivity contribution in [2.75, 3.05) is 31.6 Å². The molecular formula is C20H21N7O. The first-order valence-electron chi connectivity index (χ1n) is 9.61. The van der Waals surface area contributed by atoms with Crippen molar-refractivity contribution in [1.82, 2.24) is 30.1 Å². The molecule has 2 saturated heterocycles. The molecule has 0 aliphatic carbocycles. The molecule has 0 bridgehead atoms. The molecule has 2 fully saturated rings. The van der Waals surface area contributed by atoms with Gasteiger partial charge in [-0.05, 0) is 37.6 Å². The summed E-state index contributed by atoms with van der Waals surface area (Å²) in [5.41, 5.74) is 4.14. The highest BCUT2D eigenvalue weighted by molar-refractivity contribution is 6.00. The van der Waals surface area contributed by atoms with Crippen LogP contribution in [0.15, 0.2) is 36.8 Å². The molecule has 2 N–H and O–H groups in total. The fourth-order valence-corrected chi connectivity index (χ4v) is 4.59. The number of nitrogens with zero attached hydrogens (tertiary/aromatic N) is 5. The van der Waals surface area contributed by atoms with Gasteiger partial charge in [-0.25, -0.2) is 9.50 Å². The standard InChI is InChI=1S/C20H21N7O/c1-28-14-7-15(18-16-9-23-24-19(16)25-27(18)10-14)13-3-4-17(21-8-13)26-11-20(12-26)5-2-6-22-20/h3-4,7-10,22H,2,5-6,11-12H2,1H3,(H,24,25). The van der Waals surface area contributed by atoms with E-state index in [1.165, 1.54) is 12.8 Å². The van der Waals surface area contributed by atoms with Crippen LogP contribution in [0, 0.1) is 0 Å². The van der Waals surface area contributed by atoms with Gasteiger partial charge in [0.05, 0.1) is 35.9 Å². The molecule has 28 heavy (non-hydrogen) atoms. The molecule has 6 heterocycles. The Morgan fingerprint density at radius 1 is 1.21 bits per heavy atom. The second kappa shape index (κ2) is 5.68. The smallest absolute Gasteiger partial charge is 0.178 e. The van der Waals surface area contributed by atoms with Crippen molar-refractivity contribution in [2.24, 2.45) is 0 Å². The predicted molar refractivity (Wildman–Crippen MR) is 107 cm³/mol. The van der Waals surface area contributed by atoms with Crippen LogP contribution in [0.25, 0.3) is 27.7 Å². The number of hydrogen-bond acceptors (Lipinski definition) is 6. The fraction of sp³-hybridized carbons (Fsp3) is 0.350. The second-order valence-electron chi connectivity index (χ2n) is 7.79. The Morgan fingerprint density at radius 2 is 2.14 bits per heavy atom. The van der Waals surface area contributed by atoms with Crippen molar-refractivity contribution in [2.45, 2.75) is 18.4 Å². The largest absolute Gasteiger partial charge is 0.495 e. The van der Waals surface area contributed by atoms with Crippen molar-refractivity contribution in [3.05, 3.63) is 36.8 Å². The van der Waals surface area contributed by atoms with Crippen LogP contribution in [-0.4, -0.2) is 57.1 Å². The molecule has 0 unspecified atom stereocenters. The number of aromatic amines is 1. The lowest BCUT2D eigenvalue weighted by Crippen LogP contribution is -2.67. The van der Waals surface area contributed by atoms with Crippen LogP contribution in [-0.2, 0) is 0 Å². The van der Waals surface area contributed by atoms with Gasteiger partial charge in [-0.1, -0.05) is 0 Å². The summed E-state index contributed by atoms with van der Waals surface area (Å²) in [7, 11) is 1.67. The third kappa shape index (κ3) is 2.24. The quantitative estimate of drug-likeness (QED) is 0.571. The summed E-state index contributed by atoms with van der Waals surface area (Å²) >= 11 is 0. The molecule has 8 nitrogen and oxygen atoms in total. The number of methoxy groups -OCH3 is 1. The minimum absolute atomic E-state index is 0.323. The van der Waals surface area contributed by atoms with Gasteiger partial charge in [-0.2, -0.15) is 5.10 Å². The predicted octanol–water partition coefficient (Wildman–Crippen LogP) is 2.22. The molecule has 0 aromatic carbocycles. The number of hydrogen-bond donors (Lipinski definition) is 2. The molecule has 2 aliphatic heterocycles. The lowest BCUT2D eigenvalue weighted by Gasteiger charge is -2.49. The zero-order valence-electron chi connectivity index (χ0n) is 15.6. The van der Waals surface area contributed by atoms with Crippen LogP contribution in [0.1, 0.15) is 12.8 Å². The maximum atomic E-state index is 5.48. The molecule has 6 rings (SSSR count). The molecule has 8 heteroatoms. The molecule has 4 aromatic rings. The Labute approximate surface area is 161 Å². The van der Waals surface area contributed by atoms with Crippen LogP contribution >= 0.6 is 0 Å². The van der Waals surface area contributed by atoms with Crippen LogP contribution in [0.5, 0.6) is 5.75 Å². The third-order valence-corrected chi connectivity index (χ3v) is 6.04. The highest BCUT2D eigenvalue weighted by atomic mass is 16.5. The molecule has 0 amide bonds. The summed E-state index contributed by atoms with van der Waals surface area (Å²) in [6.45, 7) is 3.22. The van der Waals surface area contributed by atoms with Crippen LogP contribution in [0.4, 0.5) is 5.82 Å². The molecule has 2 aliphatic rings. The van der Waals surface area contributed by atoms with E-state index in [0.717, 1.165) is 58.9 Å². The average molecular weight is 375 g/mol. The number of ether oxygens (including phenoxy) is 1. The van der Waals surface area contributed by atoms with Crippen LogP contribution < -0.4 is 15.0 Å². The van der Waals surface area contributed by atoms with E-state index >= 15 is 0 Å². The summed E-state index contributed by atoms with van der Waals surface area (Å²) in [6, 6.07) is 6.26. The van der Waals surface area contributed by atoms with Crippen molar-refractivity contribution in [3.8, 4) is 16.9 Å². The third-order valence-electron chi connectivity index (χ3n) is 6.04. The molecule has 142 valence electrons. The van der Waals surface area contributed by atoms with Gasteiger partial charge in [0.1, 0.15) is 11.6 Å². The van der Waals surface area contributed by atoms with E-state index in [2.05, 4.69) is 37.6 Å². The minimum atomic E-state index is 0.323. The van der Waals surface area contributed by atoms with Crippen molar-refractivity contribution in [3.63, 3.8) is 0 Å². The first-order valence-corrected chi connectivity index (χ1v) is 9.61. The lowest BCUT2D eigenvalue weighted by atomic mass is 9.88. The summed E-state index contributed by atoms with van der Waals surface area (Å²) < 4.78 is 7.32. The highest BCUT2D eigenvalue weighted by Gasteiger charge is 2.45. The van der Waals surface area contributed by atoms with Gasteiger partial charge in [0, 0.05) is 30.4 Å².